The summed E-state index contributed by atoms with van der Waals surface area (Å²) in [6, 6.07) is 1.79. The molecule has 1 rings (SSSR count). The van der Waals surface area contributed by atoms with Crippen LogP contribution >= 0.6 is 31.9 Å². The zero-order chi connectivity index (χ0) is 11.4. The van der Waals surface area contributed by atoms with E-state index in [0.717, 1.165) is 0 Å². The van der Waals surface area contributed by atoms with Gasteiger partial charge in [0.15, 0.2) is 0 Å². The van der Waals surface area contributed by atoms with Crippen molar-refractivity contribution in [3.8, 4) is 0 Å². The number of rotatable bonds is 2. The highest BCUT2D eigenvalue weighted by Crippen LogP contribution is 2.26. The molecule has 0 saturated carbocycles. The number of hydrogen-bond acceptors (Lipinski definition) is 2. The Morgan fingerprint density at radius 3 is 2.80 bits per heavy atom. The van der Waals surface area contributed by atoms with Gasteiger partial charge in [-0.3, -0.25) is 0 Å². The molecular formula is C8H6Br2FN3O. The van der Waals surface area contributed by atoms with E-state index in [-0.39, 0.29) is 0 Å². The highest BCUT2D eigenvalue weighted by molar-refractivity contribution is 9.13. The van der Waals surface area contributed by atoms with Crippen LogP contribution in [0.25, 0.3) is 0 Å². The zero-order valence-corrected chi connectivity index (χ0v) is 10.5. The third-order valence-corrected chi connectivity index (χ3v) is 3.44. The number of carbonyl (C=O) groups is 1. The summed E-state index contributed by atoms with van der Waals surface area (Å²) in [5, 5.41) is 3.52. The standard InChI is InChI=1S/C8H6Br2FN3O/c9-6-2-5(11)1-4(7(6)10)3-13-14-8(12)15/h1-3H,(H3,12,14,15). The van der Waals surface area contributed by atoms with Gasteiger partial charge in [-0.25, -0.2) is 14.6 Å². The number of amides is 2. The Morgan fingerprint density at radius 1 is 1.53 bits per heavy atom. The van der Waals surface area contributed by atoms with Gasteiger partial charge in [0, 0.05) is 14.5 Å². The van der Waals surface area contributed by atoms with E-state index in [1.54, 1.807) is 0 Å². The Bertz CT molecular complexity index is 423. The van der Waals surface area contributed by atoms with Crippen LogP contribution in [-0.4, -0.2) is 12.2 Å². The molecule has 0 fully saturated rings. The number of benzene rings is 1. The number of halogens is 3. The van der Waals surface area contributed by atoms with Crippen molar-refractivity contribution in [3.05, 3.63) is 32.5 Å². The molecule has 0 unspecified atom stereocenters. The fourth-order valence-corrected chi connectivity index (χ4v) is 1.61. The van der Waals surface area contributed by atoms with Crippen LogP contribution in [0.15, 0.2) is 26.2 Å². The maximum atomic E-state index is 13.0. The lowest BCUT2D eigenvalue weighted by Crippen LogP contribution is -2.24. The Kier molecular flexibility index (Phi) is 4.22. The molecule has 0 heterocycles. The normalized spacial score (nSPS) is 10.6. The molecule has 1 aromatic rings. The van der Waals surface area contributed by atoms with Crippen LogP contribution < -0.4 is 11.2 Å². The maximum absolute atomic E-state index is 13.0. The molecule has 0 aliphatic carbocycles. The molecule has 0 spiro atoms. The van der Waals surface area contributed by atoms with Gasteiger partial charge in [-0.05, 0) is 44.0 Å². The number of nitrogens with two attached hydrogens (primary N) is 1. The van der Waals surface area contributed by atoms with Crippen molar-refractivity contribution in [2.75, 3.05) is 0 Å². The third kappa shape index (κ3) is 3.60. The number of carbonyl (C=O) groups excluding carboxylic acids is 1. The van der Waals surface area contributed by atoms with Crippen molar-refractivity contribution in [1.29, 1.82) is 0 Å². The van der Waals surface area contributed by atoms with E-state index in [4.69, 9.17) is 5.73 Å². The molecule has 0 aliphatic rings. The summed E-state index contributed by atoms with van der Waals surface area (Å²) in [5.41, 5.74) is 7.29. The fraction of sp³-hybridized carbons (Fsp3) is 0. The summed E-state index contributed by atoms with van der Waals surface area (Å²) in [7, 11) is 0. The average Bonchev–Trinajstić information content (AvgIpc) is 2.12. The molecule has 0 atom stereocenters. The summed E-state index contributed by atoms with van der Waals surface area (Å²) in [5.74, 6) is -0.411. The molecule has 2 amide bonds. The number of hydrazone groups is 1. The van der Waals surface area contributed by atoms with Crippen LogP contribution in [0.5, 0.6) is 0 Å². The second kappa shape index (κ2) is 5.22. The molecule has 0 bridgehead atoms. The van der Waals surface area contributed by atoms with Gasteiger partial charge in [0.25, 0.3) is 0 Å². The lowest BCUT2D eigenvalue weighted by Gasteiger charge is -2.01. The minimum Gasteiger partial charge on any atom is -0.350 e. The highest BCUT2D eigenvalue weighted by Gasteiger charge is 2.04. The van der Waals surface area contributed by atoms with Gasteiger partial charge in [0.1, 0.15) is 5.82 Å². The first-order chi connectivity index (χ1) is 7.00. The van der Waals surface area contributed by atoms with Crippen molar-refractivity contribution >= 4 is 44.1 Å². The van der Waals surface area contributed by atoms with Crippen LogP contribution in [0.1, 0.15) is 5.56 Å². The van der Waals surface area contributed by atoms with Gasteiger partial charge in [0.05, 0.1) is 6.21 Å². The topological polar surface area (TPSA) is 67.5 Å². The van der Waals surface area contributed by atoms with Gasteiger partial charge in [-0.15, -0.1) is 0 Å². The molecule has 0 aliphatic heterocycles. The molecule has 0 aromatic heterocycles. The van der Waals surface area contributed by atoms with E-state index in [9.17, 15) is 9.18 Å². The van der Waals surface area contributed by atoms with Gasteiger partial charge in [-0.2, -0.15) is 5.10 Å². The fourth-order valence-electron chi connectivity index (χ4n) is 0.835. The lowest BCUT2D eigenvalue weighted by molar-refractivity contribution is 0.249. The predicted octanol–water partition coefficient (Wildman–Crippen LogP) is 2.35. The van der Waals surface area contributed by atoms with E-state index < -0.39 is 11.8 Å². The van der Waals surface area contributed by atoms with Crippen LogP contribution in [0.2, 0.25) is 0 Å². The summed E-state index contributed by atoms with van der Waals surface area (Å²) in [6.45, 7) is 0. The molecular weight excluding hydrogens is 333 g/mol. The van der Waals surface area contributed by atoms with Crippen LogP contribution in [0, 0.1) is 5.82 Å². The van der Waals surface area contributed by atoms with Gasteiger partial charge >= 0.3 is 6.03 Å². The number of hydrogen-bond donors (Lipinski definition) is 2. The van der Waals surface area contributed by atoms with Gasteiger partial charge in [0.2, 0.25) is 0 Å². The molecule has 4 nitrogen and oxygen atoms in total. The van der Waals surface area contributed by atoms with E-state index >= 15 is 0 Å². The lowest BCUT2D eigenvalue weighted by atomic mass is 10.2. The highest BCUT2D eigenvalue weighted by atomic mass is 79.9. The first-order valence-electron chi connectivity index (χ1n) is 3.73. The first-order valence-corrected chi connectivity index (χ1v) is 5.32. The van der Waals surface area contributed by atoms with Crippen molar-refractivity contribution in [1.82, 2.24) is 5.43 Å². The smallest absolute Gasteiger partial charge is 0.332 e. The van der Waals surface area contributed by atoms with Crippen LogP contribution in [-0.2, 0) is 0 Å². The monoisotopic (exact) mass is 337 g/mol. The molecule has 0 saturated heterocycles. The molecule has 1 aromatic carbocycles. The van der Waals surface area contributed by atoms with Crippen LogP contribution in [0.4, 0.5) is 9.18 Å². The average molecular weight is 339 g/mol. The van der Waals surface area contributed by atoms with Gasteiger partial charge < -0.3 is 5.73 Å². The quantitative estimate of drug-likeness (QED) is 0.485. The zero-order valence-electron chi connectivity index (χ0n) is 7.30. The summed E-state index contributed by atoms with van der Waals surface area (Å²) in [4.78, 5) is 10.3. The second-order valence-electron chi connectivity index (χ2n) is 2.53. The first kappa shape index (κ1) is 12.1. The number of primary amides is 1. The van der Waals surface area contributed by atoms with E-state index in [1.165, 1.54) is 18.3 Å². The summed E-state index contributed by atoms with van der Waals surface area (Å²) < 4.78 is 14.2. The second-order valence-corrected chi connectivity index (χ2v) is 4.17. The van der Waals surface area contributed by atoms with Crippen molar-refractivity contribution in [2.24, 2.45) is 10.8 Å². The Morgan fingerprint density at radius 2 is 2.20 bits per heavy atom. The molecule has 80 valence electrons. The molecule has 0 radical (unpaired) electrons. The summed E-state index contributed by atoms with van der Waals surface area (Å²) >= 11 is 6.39. The largest absolute Gasteiger partial charge is 0.350 e. The molecule has 3 N–H and O–H groups in total. The Labute approximate surface area is 102 Å². The van der Waals surface area contributed by atoms with E-state index in [1.807, 2.05) is 5.43 Å². The number of nitrogens with zero attached hydrogens (tertiary/aromatic N) is 1. The number of urea groups is 1. The SMILES string of the molecule is NC(=O)NN=Cc1cc(F)cc(Br)c1Br. The third-order valence-electron chi connectivity index (χ3n) is 1.40. The van der Waals surface area contributed by atoms with Gasteiger partial charge in [-0.1, -0.05) is 0 Å². The van der Waals surface area contributed by atoms with Crippen LogP contribution in [0.3, 0.4) is 0 Å². The minimum atomic E-state index is -0.780. The van der Waals surface area contributed by atoms with E-state index in [2.05, 4.69) is 37.0 Å². The minimum absolute atomic E-state index is 0.411. The molecule has 15 heavy (non-hydrogen) atoms. The predicted molar refractivity (Wildman–Crippen MR) is 62.1 cm³/mol. The van der Waals surface area contributed by atoms with Crippen molar-refractivity contribution in [2.45, 2.75) is 0 Å². The maximum Gasteiger partial charge on any atom is 0.332 e. The summed E-state index contributed by atoms with van der Waals surface area (Å²) in [6.07, 6.45) is 1.28. The van der Waals surface area contributed by atoms with Crippen molar-refractivity contribution in [3.63, 3.8) is 0 Å². The van der Waals surface area contributed by atoms with Crippen molar-refractivity contribution < 1.29 is 9.18 Å². The number of nitrogens with one attached hydrogen (secondary N) is 1. The Balaban J connectivity index is 2.94. The van der Waals surface area contributed by atoms with E-state index in [0.29, 0.717) is 14.5 Å². The molecule has 7 heteroatoms. The Hall–Kier alpha value is -0.950.